The molecule has 32 heavy (non-hydrogen) atoms. The molecule has 4 saturated carbocycles. The van der Waals surface area contributed by atoms with E-state index in [1.807, 2.05) is 19.9 Å². The van der Waals surface area contributed by atoms with Crippen LogP contribution in [0, 0.1) is 46.3 Å². The van der Waals surface area contributed by atoms with E-state index >= 15 is 0 Å². The molecule has 0 aromatic rings. The Kier molecular flexibility index (Phi) is 6.42. The third-order valence-electron chi connectivity index (χ3n) is 10.7. The Morgan fingerprint density at radius 3 is 2.19 bits per heavy atom. The maximum Gasteiger partial charge on any atom is 0.0763 e. The molecule has 4 aliphatic carbocycles. The molecule has 4 rings (SSSR count). The summed E-state index contributed by atoms with van der Waals surface area (Å²) in [4.78, 5) is 0. The molecule has 0 spiro atoms. The molecule has 0 amide bonds. The van der Waals surface area contributed by atoms with Crippen LogP contribution in [0.1, 0.15) is 79.6 Å². The summed E-state index contributed by atoms with van der Waals surface area (Å²) in [7, 11) is 0. The Morgan fingerprint density at radius 1 is 0.875 bits per heavy atom. The fourth-order valence-corrected chi connectivity index (χ4v) is 8.98. The summed E-state index contributed by atoms with van der Waals surface area (Å²) in [5.41, 5.74) is -1.51. The first-order valence-corrected chi connectivity index (χ1v) is 13.0. The minimum absolute atomic E-state index is 0.00889. The van der Waals surface area contributed by atoms with E-state index in [-0.39, 0.29) is 52.4 Å². The van der Waals surface area contributed by atoms with E-state index in [1.54, 1.807) is 0 Å². The highest BCUT2D eigenvalue weighted by Gasteiger charge is 2.70. The van der Waals surface area contributed by atoms with Gasteiger partial charge in [-0.15, -0.1) is 0 Å². The van der Waals surface area contributed by atoms with Gasteiger partial charge in [-0.3, -0.25) is 0 Å². The smallest absolute Gasteiger partial charge is 0.0763 e. The Morgan fingerprint density at radius 2 is 1.53 bits per heavy atom. The molecule has 5 N–H and O–H groups in total. The van der Waals surface area contributed by atoms with Crippen LogP contribution < -0.4 is 0 Å². The highest BCUT2D eigenvalue weighted by Crippen LogP contribution is 2.69. The lowest BCUT2D eigenvalue weighted by atomic mass is 9.42. The Bertz CT molecular complexity index is 723. The standard InChI is InChI=1S/C27H46O5/c1-15(2)20(29)7-6-16(3)18-13-21(30)24-26(18,5)11-9-23-25(4)10-8-17(28)12-19(25)22(31)14-27(23,24)32/h6-7,15-24,28-32H,8-14H2,1-5H3/b7-6+/t16-,17+,18-,19?,20?,21+,22+,23?,24?,25+,26-,27+/m1/s1. The summed E-state index contributed by atoms with van der Waals surface area (Å²) in [6.45, 7) is 10.6. The first kappa shape index (κ1) is 24.7. The summed E-state index contributed by atoms with van der Waals surface area (Å²) in [5, 5.41) is 55.3. The van der Waals surface area contributed by atoms with Crippen molar-refractivity contribution in [1.82, 2.24) is 0 Å². The van der Waals surface area contributed by atoms with Crippen LogP contribution in [0.25, 0.3) is 0 Å². The van der Waals surface area contributed by atoms with Gasteiger partial charge >= 0.3 is 0 Å². The van der Waals surface area contributed by atoms with Crippen molar-refractivity contribution in [3.05, 3.63) is 12.2 Å². The van der Waals surface area contributed by atoms with Gasteiger partial charge in [0, 0.05) is 12.3 Å². The molecule has 4 unspecified atom stereocenters. The zero-order chi connectivity index (χ0) is 23.6. The lowest BCUT2D eigenvalue weighted by molar-refractivity contribution is -0.263. The van der Waals surface area contributed by atoms with E-state index in [4.69, 9.17) is 0 Å². The van der Waals surface area contributed by atoms with Crippen molar-refractivity contribution in [2.24, 2.45) is 46.3 Å². The van der Waals surface area contributed by atoms with Gasteiger partial charge in [-0.05, 0) is 78.9 Å². The largest absolute Gasteiger partial charge is 0.393 e. The average molecular weight is 451 g/mol. The highest BCUT2D eigenvalue weighted by molar-refractivity contribution is 5.20. The van der Waals surface area contributed by atoms with E-state index in [1.165, 1.54) is 0 Å². The van der Waals surface area contributed by atoms with E-state index in [0.29, 0.717) is 19.3 Å². The molecule has 0 radical (unpaired) electrons. The van der Waals surface area contributed by atoms with Gasteiger partial charge in [-0.25, -0.2) is 0 Å². The summed E-state index contributed by atoms with van der Waals surface area (Å²) in [6, 6.07) is 0. The van der Waals surface area contributed by atoms with Crippen LogP contribution in [-0.4, -0.2) is 55.5 Å². The summed E-state index contributed by atoms with van der Waals surface area (Å²) in [6.07, 6.45) is 6.86. The molecule has 0 aromatic heterocycles. The molecule has 0 saturated heterocycles. The van der Waals surface area contributed by atoms with E-state index in [2.05, 4.69) is 26.8 Å². The fraction of sp³-hybridized carbons (Fsp3) is 0.926. The maximum absolute atomic E-state index is 12.3. The molecule has 0 heterocycles. The number of hydrogen-bond donors (Lipinski definition) is 5. The van der Waals surface area contributed by atoms with Crippen LogP contribution in [0.15, 0.2) is 12.2 Å². The molecule has 5 heteroatoms. The van der Waals surface area contributed by atoms with Gasteiger partial charge in [-0.1, -0.05) is 46.8 Å². The second-order valence-electron chi connectivity index (χ2n) is 12.8. The predicted octanol–water partition coefficient (Wildman–Crippen LogP) is 3.27. The van der Waals surface area contributed by atoms with E-state index in [9.17, 15) is 25.5 Å². The molecule has 4 fully saturated rings. The van der Waals surface area contributed by atoms with Crippen molar-refractivity contribution in [3.8, 4) is 0 Å². The Hall–Kier alpha value is -0.460. The van der Waals surface area contributed by atoms with Crippen LogP contribution in [-0.2, 0) is 0 Å². The van der Waals surface area contributed by atoms with Crippen molar-refractivity contribution >= 4 is 0 Å². The van der Waals surface area contributed by atoms with Gasteiger partial charge in [0.2, 0.25) is 0 Å². The van der Waals surface area contributed by atoms with E-state index < -0.39 is 23.9 Å². The normalized spacial score (nSPS) is 53.0. The molecule has 0 aliphatic heterocycles. The zero-order valence-electron chi connectivity index (χ0n) is 20.6. The first-order valence-electron chi connectivity index (χ1n) is 13.0. The number of rotatable bonds is 4. The molecule has 0 bridgehead atoms. The highest BCUT2D eigenvalue weighted by atomic mass is 16.3. The van der Waals surface area contributed by atoms with Gasteiger partial charge < -0.3 is 25.5 Å². The van der Waals surface area contributed by atoms with Gasteiger partial charge in [-0.2, -0.15) is 0 Å². The van der Waals surface area contributed by atoms with Crippen LogP contribution in [0.2, 0.25) is 0 Å². The van der Waals surface area contributed by atoms with Crippen LogP contribution in [0.4, 0.5) is 0 Å². The zero-order valence-corrected chi connectivity index (χ0v) is 20.6. The second-order valence-corrected chi connectivity index (χ2v) is 12.8. The quantitative estimate of drug-likeness (QED) is 0.423. The van der Waals surface area contributed by atoms with Crippen LogP contribution >= 0.6 is 0 Å². The van der Waals surface area contributed by atoms with Crippen molar-refractivity contribution in [2.75, 3.05) is 0 Å². The maximum atomic E-state index is 12.3. The molecule has 0 aromatic carbocycles. The van der Waals surface area contributed by atoms with Gasteiger partial charge in [0.25, 0.3) is 0 Å². The predicted molar refractivity (Wildman–Crippen MR) is 125 cm³/mol. The molecule has 4 aliphatic rings. The van der Waals surface area contributed by atoms with Crippen molar-refractivity contribution in [2.45, 2.75) is 110 Å². The van der Waals surface area contributed by atoms with Gasteiger partial charge in [0.05, 0.1) is 30.0 Å². The molecule has 5 nitrogen and oxygen atoms in total. The Balaban J connectivity index is 1.64. The summed E-state index contributed by atoms with van der Waals surface area (Å²) >= 11 is 0. The SMILES string of the molecule is CC(C)C(O)/C=C/[C@@H](C)[C@H]1C[C@H](O)C2[C@]3(O)C[C@H](O)C4C[C@@H](O)CC[C@]4(C)C3CC[C@@]21C. The van der Waals surface area contributed by atoms with Crippen molar-refractivity contribution in [3.63, 3.8) is 0 Å². The van der Waals surface area contributed by atoms with Crippen molar-refractivity contribution in [1.29, 1.82) is 0 Å². The first-order chi connectivity index (χ1) is 14.8. The summed E-state index contributed by atoms with van der Waals surface area (Å²) < 4.78 is 0. The molecular formula is C27H46O5. The Labute approximate surface area is 193 Å². The third kappa shape index (κ3) is 3.62. The number of fused-ring (bicyclic) bond motifs is 5. The van der Waals surface area contributed by atoms with Gasteiger partial charge in [0.1, 0.15) is 0 Å². The minimum atomic E-state index is -1.09. The average Bonchev–Trinajstić information content (AvgIpc) is 2.98. The number of allylic oxidation sites excluding steroid dienone is 1. The fourth-order valence-electron chi connectivity index (χ4n) is 8.98. The van der Waals surface area contributed by atoms with Crippen LogP contribution in [0.3, 0.4) is 0 Å². The topological polar surface area (TPSA) is 101 Å². The van der Waals surface area contributed by atoms with Gasteiger partial charge in [0.15, 0.2) is 0 Å². The number of aliphatic hydroxyl groups is 5. The molecule has 184 valence electrons. The van der Waals surface area contributed by atoms with E-state index in [0.717, 1.165) is 25.7 Å². The second kappa shape index (κ2) is 8.34. The molecule has 12 atom stereocenters. The molecular weight excluding hydrogens is 404 g/mol. The minimum Gasteiger partial charge on any atom is -0.393 e. The van der Waals surface area contributed by atoms with Crippen molar-refractivity contribution < 1.29 is 25.5 Å². The monoisotopic (exact) mass is 450 g/mol. The lowest BCUT2D eigenvalue weighted by Crippen LogP contribution is -2.68. The lowest BCUT2D eigenvalue weighted by Gasteiger charge is -2.66. The summed E-state index contributed by atoms with van der Waals surface area (Å²) in [5.74, 6) is 0.363. The number of hydrogen-bond acceptors (Lipinski definition) is 5. The van der Waals surface area contributed by atoms with Crippen LogP contribution in [0.5, 0.6) is 0 Å². The third-order valence-corrected chi connectivity index (χ3v) is 10.7. The number of aliphatic hydroxyl groups excluding tert-OH is 4.